The molecule has 1 aromatic carbocycles. The lowest BCUT2D eigenvalue weighted by Crippen LogP contribution is -2.23. The van der Waals surface area contributed by atoms with Gasteiger partial charge in [-0.1, -0.05) is 25.1 Å². The van der Waals surface area contributed by atoms with E-state index in [0.717, 1.165) is 16.9 Å². The Bertz CT molecular complexity index is 660. The molecule has 19 heavy (non-hydrogen) atoms. The fourth-order valence-corrected chi connectivity index (χ4v) is 4.05. The lowest BCUT2D eigenvalue weighted by atomic mass is 10.2. The standard InChI is InChI=1S/C14H17NO2S2/c1-3-12-8-9-13(18-12)10-15-19(16,17)14-7-5-4-6-11(14)2/h4-9,15H,3,10H2,1-2H3. The van der Waals surface area contributed by atoms with Crippen molar-refractivity contribution in [3.8, 4) is 0 Å². The second-order valence-electron chi connectivity index (χ2n) is 4.31. The second-order valence-corrected chi connectivity index (χ2v) is 7.30. The average Bonchev–Trinajstić information content (AvgIpc) is 2.85. The summed E-state index contributed by atoms with van der Waals surface area (Å²) < 4.78 is 27.0. The van der Waals surface area contributed by atoms with E-state index in [-0.39, 0.29) is 0 Å². The first-order chi connectivity index (χ1) is 9.03. The van der Waals surface area contributed by atoms with Crippen LogP contribution in [0.1, 0.15) is 22.2 Å². The summed E-state index contributed by atoms with van der Waals surface area (Å²) in [6, 6.07) is 11.0. The summed E-state index contributed by atoms with van der Waals surface area (Å²) in [7, 11) is -3.43. The molecule has 0 aliphatic rings. The highest BCUT2D eigenvalue weighted by Crippen LogP contribution is 2.18. The summed E-state index contributed by atoms with van der Waals surface area (Å²) in [6.07, 6.45) is 0.981. The Morgan fingerprint density at radius 3 is 2.42 bits per heavy atom. The van der Waals surface area contributed by atoms with Crippen molar-refractivity contribution in [3.05, 3.63) is 51.7 Å². The normalized spacial score (nSPS) is 11.7. The minimum absolute atomic E-state index is 0.349. The van der Waals surface area contributed by atoms with Gasteiger partial charge in [0.15, 0.2) is 0 Å². The van der Waals surface area contributed by atoms with Gasteiger partial charge in [0.25, 0.3) is 0 Å². The molecule has 102 valence electrons. The van der Waals surface area contributed by atoms with E-state index in [2.05, 4.69) is 11.6 Å². The molecule has 1 aromatic heterocycles. The third-order valence-electron chi connectivity index (χ3n) is 2.89. The maximum Gasteiger partial charge on any atom is 0.241 e. The van der Waals surface area contributed by atoms with Crippen molar-refractivity contribution in [2.24, 2.45) is 0 Å². The zero-order chi connectivity index (χ0) is 13.9. The molecule has 0 atom stereocenters. The molecule has 1 heterocycles. The number of nitrogens with one attached hydrogen (secondary N) is 1. The monoisotopic (exact) mass is 295 g/mol. The maximum atomic E-state index is 12.2. The van der Waals surface area contributed by atoms with Crippen molar-refractivity contribution >= 4 is 21.4 Å². The molecule has 0 spiro atoms. The van der Waals surface area contributed by atoms with E-state index in [1.807, 2.05) is 18.2 Å². The topological polar surface area (TPSA) is 46.2 Å². The van der Waals surface area contributed by atoms with Crippen molar-refractivity contribution in [3.63, 3.8) is 0 Å². The van der Waals surface area contributed by atoms with Gasteiger partial charge in [-0.05, 0) is 37.1 Å². The molecule has 0 unspecified atom stereocenters. The van der Waals surface area contributed by atoms with Gasteiger partial charge >= 0.3 is 0 Å². The van der Waals surface area contributed by atoms with Crippen molar-refractivity contribution < 1.29 is 8.42 Å². The zero-order valence-electron chi connectivity index (χ0n) is 11.0. The van der Waals surface area contributed by atoms with Gasteiger partial charge in [0.1, 0.15) is 0 Å². The second kappa shape index (κ2) is 5.86. The fraction of sp³-hybridized carbons (Fsp3) is 0.286. The molecule has 1 N–H and O–H groups in total. The molecule has 2 aromatic rings. The van der Waals surface area contributed by atoms with Gasteiger partial charge in [-0.2, -0.15) is 0 Å². The van der Waals surface area contributed by atoms with Crippen LogP contribution in [0, 0.1) is 6.92 Å². The molecule has 0 amide bonds. The largest absolute Gasteiger partial charge is 0.241 e. The lowest BCUT2D eigenvalue weighted by molar-refractivity contribution is 0.581. The van der Waals surface area contributed by atoms with Crippen LogP contribution in [0.4, 0.5) is 0 Å². The van der Waals surface area contributed by atoms with Crippen molar-refractivity contribution in [2.45, 2.75) is 31.7 Å². The molecule has 2 rings (SSSR count). The molecule has 0 saturated carbocycles. The number of sulfonamides is 1. The number of aryl methyl sites for hydroxylation is 2. The Labute approximate surface area is 118 Å². The third kappa shape index (κ3) is 3.43. The zero-order valence-corrected chi connectivity index (χ0v) is 12.6. The Balaban J connectivity index is 2.12. The number of benzene rings is 1. The van der Waals surface area contributed by atoms with E-state index in [1.54, 1.807) is 36.5 Å². The van der Waals surface area contributed by atoms with E-state index in [4.69, 9.17) is 0 Å². The Hall–Kier alpha value is -1.17. The van der Waals surface area contributed by atoms with Crippen molar-refractivity contribution in [1.82, 2.24) is 4.72 Å². The third-order valence-corrected chi connectivity index (χ3v) is 5.68. The van der Waals surface area contributed by atoms with Gasteiger partial charge in [0.2, 0.25) is 10.0 Å². The van der Waals surface area contributed by atoms with E-state index >= 15 is 0 Å². The number of hydrogen-bond acceptors (Lipinski definition) is 3. The predicted molar refractivity (Wildman–Crippen MR) is 78.9 cm³/mol. The predicted octanol–water partition coefficient (Wildman–Crippen LogP) is 3.10. The van der Waals surface area contributed by atoms with Crippen LogP contribution in [-0.2, 0) is 23.0 Å². The Morgan fingerprint density at radius 2 is 1.79 bits per heavy atom. The Morgan fingerprint density at radius 1 is 1.11 bits per heavy atom. The molecule has 0 bridgehead atoms. The van der Waals surface area contributed by atoms with Crippen LogP contribution in [0.5, 0.6) is 0 Å². The molecule has 0 aliphatic carbocycles. The van der Waals surface area contributed by atoms with Gasteiger partial charge in [-0.3, -0.25) is 0 Å². The van der Waals surface area contributed by atoms with Gasteiger partial charge in [-0.15, -0.1) is 11.3 Å². The molecular formula is C14H17NO2S2. The minimum Gasteiger partial charge on any atom is -0.207 e. The smallest absolute Gasteiger partial charge is 0.207 e. The molecule has 0 aliphatic heterocycles. The van der Waals surface area contributed by atoms with Crippen LogP contribution in [0.3, 0.4) is 0 Å². The number of thiophene rings is 1. The minimum atomic E-state index is -3.43. The van der Waals surface area contributed by atoms with E-state index < -0.39 is 10.0 Å². The average molecular weight is 295 g/mol. The SMILES string of the molecule is CCc1ccc(CNS(=O)(=O)c2ccccc2C)s1. The van der Waals surface area contributed by atoms with E-state index in [0.29, 0.717) is 11.4 Å². The molecular weight excluding hydrogens is 278 g/mol. The van der Waals surface area contributed by atoms with Crippen LogP contribution < -0.4 is 4.72 Å². The van der Waals surface area contributed by atoms with Gasteiger partial charge < -0.3 is 0 Å². The molecule has 0 saturated heterocycles. The quantitative estimate of drug-likeness (QED) is 0.921. The van der Waals surface area contributed by atoms with Crippen molar-refractivity contribution in [2.75, 3.05) is 0 Å². The van der Waals surface area contributed by atoms with Crippen molar-refractivity contribution in [1.29, 1.82) is 0 Å². The molecule has 0 radical (unpaired) electrons. The summed E-state index contributed by atoms with van der Waals surface area (Å²) in [6.45, 7) is 4.24. The summed E-state index contributed by atoms with van der Waals surface area (Å²) in [4.78, 5) is 2.65. The van der Waals surface area contributed by atoms with Gasteiger partial charge in [0, 0.05) is 16.3 Å². The van der Waals surface area contributed by atoms with Gasteiger partial charge in [-0.25, -0.2) is 13.1 Å². The molecule has 5 heteroatoms. The van der Waals surface area contributed by atoms with Crippen LogP contribution >= 0.6 is 11.3 Å². The van der Waals surface area contributed by atoms with Crippen LogP contribution in [0.15, 0.2) is 41.3 Å². The lowest BCUT2D eigenvalue weighted by Gasteiger charge is -2.08. The first kappa shape index (κ1) is 14.2. The number of rotatable bonds is 5. The summed E-state index contributed by atoms with van der Waals surface area (Å²) in [5, 5.41) is 0. The first-order valence-corrected chi connectivity index (χ1v) is 8.46. The maximum absolute atomic E-state index is 12.2. The number of hydrogen-bond donors (Lipinski definition) is 1. The first-order valence-electron chi connectivity index (χ1n) is 6.16. The summed E-state index contributed by atoms with van der Waals surface area (Å²) in [5.41, 5.74) is 0.760. The summed E-state index contributed by atoms with van der Waals surface area (Å²) in [5.74, 6) is 0. The highest BCUT2D eigenvalue weighted by atomic mass is 32.2. The van der Waals surface area contributed by atoms with E-state index in [9.17, 15) is 8.42 Å². The van der Waals surface area contributed by atoms with Crippen LogP contribution in [0.25, 0.3) is 0 Å². The van der Waals surface area contributed by atoms with Crippen LogP contribution in [0.2, 0.25) is 0 Å². The highest BCUT2D eigenvalue weighted by molar-refractivity contribution is 7.89. The fourth-order valence-electron chi connectivity index (χ4n) is 1.81. The highest BCUT2D eigenvalue weighted by Gasteiger charge is 2.15. The molecule has 3 nitrogen and oxygen atoms in total. The van der Waals surface area contributed by atoms with Gasteiger partial charge in [0.05, 0.1) is 4.90 Å². The van der Waals surface area contributed by atoms with E-state index in [1.165, 1.54) is 4.88 Å². The summed E-state index contributed by atoms with van der Waals surface area (Å²) >= 11 is 1.65. The molecule has 0 fully saturated rings. The Kier molecular flexibility index (Phi) is 4.39. The van der Waals surface area contributed by atoms with Crippen LogP contribution in [-0.4, -0.2) is 8.42 Å².